The standard InChI is InChI=1S/C13H16N6O4/c1-18-11-7-5(10(14)17-18)2-19(12(7)16-4-15-11)13-9(22)8(21)6(3-20)23-13/h2,4,6,8-9,13,20-22H,3H2,1H3,(H2,14,17)/t6-,8+,9?,13-/m1/s1. The predicted molar refractivity (Wildman–Crippen MR) is 79.7 cm³/mol. The van der Waals surface area contributed by atoms with Crippen molar-refractivity contribution in [3.63, 3.8) is 0 Å². The highest BCUT2D eigenvalue weighted by Gasteiger charge is 2.44. The molecule has 4 heterocycles. The number of aromatic nitrogens is 3. The average molecular weight is 320 g/mol. The maximum atomic E-state index is 10.2. The molecule has 2 aromatic rings. The highest BCUT2D eigenvalue weighted by Crippen LogP contribution is 2.36. The molecule has 122 valence electrons. The largest absolute Gasteiger partial charge is 0.394 e. The molecule has 0 amide bonds. The Hall–Kier alpha value is -2.27. The van der Waals surface area contributed by atoms with Gasteiger partial charge in [0.25, 0.3) is 0 Å². The lowest BCUT2D eigenvalue weighted by molar-refractivity contribution is -0.0508. The topological polar surface area (TPSA) is 142 Å². The van der Waals surface area contributed by atoms with Crippen molar-refractivity contribution in [2.24, 2.45) is 10.8 Å². The van der Waals surface area contributed by atoms with E-state index in [1.165, 1.54) is 6.33 Å². The van der Waals surface area contributed by atoms with E-state index in [0.717, 1.165) is 0 Å². The lowest BCUT2D eigenvalue weighted by Gasteiger charge is -2.19. The van der Waals surface area contributed by atoms with Crippen molar-refractivity contribution in [3.8, 4) is 0 Å². The molecule has 10 nitrogen and oxygen atoms in total. The van der Waals surface area contributed by atoms with Crippen molar-refractivity contribution in [1.29, 1.82) is 0 Å². The minimum absolute atomic E-state index is 0.297. The van der Waals surface area contributed by atoms with Crippen LogP contribution in [-0.2, 0) is 4.74 Å². The van der Waals surface area contributed by atoms with Gasteiger partial charge < -0.3 is 30.4 Å². The van der Waals surface area contributed by atoms with E-state index in [1.54, 1.807) is 22.8 Å². The van der Waals surface area contributed by atoms with E-state index in [4.69, 9.17) is 10.5 Å². The van der Waals surface area contributed by atoms with Crippen molar-refractivity contribution >= 4 is 22.7 Å². The molecule has 0 spiro atoms. The zero-order valence-corrected chi connectivity index (χ0v) is 12.2. The Labute approximate surface area is 130 Å². The fraction of sp³-hybridized carbons (Fsp3) is 0.462. The van der Waals surface area contributed by atoms with Gasteiger partial charge in [0, 0.05) is 18.8 Å². The molecule has 0 bridgehead atoms. The van der Waals surface area contributed by atoms with Gasteiger partial charge in [-0.05, 0) is 0 Å². The molecule has 4 rings (SSSR count). The Morgan fingerprint density at radius 1 is 1.30 bits per heavy atom. The normalized spacial score (nSPS) is 30.1. The molecule has 1 saturated heterocycles. The lowest BCUT2D eigenvalue weighted by atomic mass is 10.1. The number of ether oxygens (including phenoxy) is 1. The Balaban J connectivity index is 1.89. The van der Waals surface area contributed by atoms with Crippen molar-refractivity contribution in [2.45, 2.75) is 24.5 Å². The van der Waals surface area contributed by atoms with Crippen molar-refractivity contribution < 1.29 is 20.1 Å². The van der Waals surface area contributed by atoms with Crippen LogP contribution in [0.15, 0.2) is 17.6 Å². The van der Waals surface area contributed by atoms with E-state index >= 15 is 0 Å². The van der Waals surface area contributed by atoms with Crippen LogP contribution in [0.2, 0.25) is 0 Å². The smallest absolute Gasteiger partial charge is 0.164 e. The number of hydrogen-bond donors (Lipinski definition) is 4. The first-order chi connectivity index (χ1) is 11.0. The van der Waals surface area contributed by atoms with E-state index in [1.807, 2.05) is 0 Å². The first-order valence-electron chi connectivity index (χ1n) is 7.09. The molecule has 23 heavy (non-hydrogen) atoms. The molecule has 0 saturated carbocycles. The van der Waals surface area contributed by atoms with Crippen LogP contribution >= 0.6 is 0 Å². The van der Waals surface area contributed by atoms with Crippen LogP contribution in [0.5, 0.6) is 0 Å². The molecule has 2 aliphatic rings. The van der Waals surface area contributed by atoms with Crippen molar-refractivity contribution in [1.82, 2.24) is 14.5 Å². The molecule has 5 N–H and O–H groups in total. The summed E-state index contributed by atoms with van der Waals surface area (Å²) >= 11 is 0. The zero-order valence-electron chi connectivity index (χ0n) is 12.2. The number of amidine groups is 1. The second kappa shape index (κ2) is 4.86. The van der Waals surface area contributed by atoms with Crippen LogP contribution in [0.1, 0.15) is 11.8 Å². The molecule has 10 heteroatoms. The summed E-state index contributed by atoms with van der Waals surface area (Å²) in [6, 6.07) is 0. The Morgan fingerprint density at radius 2 is 2.09 bits per heavy atom. The summed E-state index contributed by atoms with van der Waals surface area (Å²) in [5.41, 5.74) is 7.10. The number of hydrogen-bond acceptors (Lipinski definition) is 9. The van der Waals surface area contributed by atoms with Crippen LogP contribution in [0.4, 0.5) is 5.82 Å². The van der Waals surface area contributed by atoms with Gasteiger partial charge in [-0.15, -0.1) is 0 Å². The molecule has 2 aromatic heterocycles. The first-order valence-corrected chi connectivity index (χ1v) is 7.09. The molecule has 0 aromatic carbocycles. The van der Waals surface area contributed by atoms with Gasteiger partial charge in [-0.2, -0.15) is 5.10 Å². The third kappa shape index (κ3) is 1.86. The summed E-state index contributed by atoms with van der Waals surface area (Å²) in [5.74, 6) is 0.884. The van der Waals surface area contributed by atoms with Gasteiger partial charge in [-0.3, -0.25) is 0 Å². The third-order valence-electron chi connectivity index (χ3n) is 4.22. The molecular formula is C13H16N6O4. The second-order valence-corrected chi connectivity index (χ2v) is 5.58. The molecule has 0 aliphatic carbocycles. The zero-order chi connectivity index (χ0) is 16.3. The first kappa shape index (κ1) is 14.3. The van der Waals surface area contributed by atoms with Crippen LogP contribution in [0.3, 0.4) is 0 Å². The van der Waals surface area contributed by atoms with Gasteiger partial charge in [0.2, 0.25) is 0 Å². The summed E-state index contributed by atoms with van der Waals surface area (Å²) in [5, 5.41) is 35.9. The minimum Gasteiger partial charge on any atom is -0.394 e. The molecule has 2 aliphatic heterocycles. The van der Waals surface area contributed by atoms with Crippen LogP contribution in [0.25, 0.3) is 11.0 Å². The number of hydrazone groups is 1. The number of aliphatic hydroxyl groups is 3. The SMILES string of the molecule is CN1N=C(N)c2cn([C@@H]3O[C@H](CO)[C@H](O)C3O)c3ncnc1c23. The minimum atomic E-state index is -1.20. The number of nitrogens with zero attached hydrogens (tertiary/aromatic N) is 5. The maximum absolute atomic E-state index is 10.2. The third-order valence-corrected chi connectivity index (χ3v) is 4.22. The average Bonchev–Trinajstić information content (AvgIpc) is 3.05. The molecule has 1 unspecified atom stereocenters. The Bertz CT molecular complexity index is 805. The van der Waals surface area contributed by atoms with Gasteiger partial charge in [0.1, 0.15) is 30.3 Å². The fourth-order valence-corrected chi connectivity index (χ4v) is 3.07. The van der Waals surface area contributed by atoms with Gasteiger partial charge in [-0.25, -0.2) is 15.0 Å². The summed E-state index contributed by atoms with van der Waals surface area (Å²) in [6.45, 7) is -0.395. The highest BCUT2D eigenvalue weighted by atomic mass is 16.6. The van der Waals surface area contributed by atoms with Crippen LogP contribution in [-0.4, -0.2) is 67.7 Å². The van der Waals surface area contributed by atoms with Crippen LogP contribution in [0, 0.1) is 0 Å². The van der Waals surface area contributed by atoms with Gasteiger partial charge in [0.15, 0.2) is 17.9 Å². The monoisotopic (exact) mass is 320 g/mol. The molecule has 4 atom stereocenters. The fourth-order valence-electron chi connectivity index (χ4n) is 3.07. The molecule has 1 fully saturated rings. The molecular weight excluding hydrogens is 304 g/mol. The lowest BCUT2D eigenvalue weighted by Crippen LogP contribution is -2.33. The Kier molecular flexibility index (Phi) is 3.03. The molecule has 0 radical (unpaired) electrons. The predicted octanol–water partition coefficient (Wildman–Crippen LogP) is -1.89. The summed E-state index contributed by atoms with van der Waals surface area (Å²) < 4.78 is 7.15. The highest BCUT2D eigenvalue weighted by molar-refractivity contribution is 6.13. The van der Waals surface area contributed by atoms with E-state index in [0.29, 0.717) is 28.3 Å². The second-order valence-electron chi connectivity index (χ2n) is 5.58. The van der Waals surface area contributed by atoms with Crippen molar-refractivity contribution in [2.75, 3.05) is 18.7 Å². The van der Waals surface area contributed by atoms with Crippen molar-refractivity contribution in [3.05, 3.63) is 18.1 Å². The maximum Gasteiger partial charge on any atom is 0.164 e. The number of aliphatic hydroxyl groups excluding tert-OH is 3. The van der Waals surface area contributed by atoms with E-state index in [9.17, 15) is 15.3 Å². The number of rotatable bonds is 2. The summed E-state index contributed by atoms with van der Waals surface area (Å²) in [7, 11) is 1.72. The van der Waals surface area contributed by atoms with Gasteiger partial charge in [0.05, 0.1) is 12.0 Å². The summed E-state index contributed by atoms with van der Waals surface area (Å²) in [4.78, 5) is 8.45. The van der Waals surface area contributed by atoms with E-state index in [-0.39, 0.29) is 0 Å². The quantitative estimate of drug-likeness (QED) is 0.503. The number of anilines is 1. The van der Waals surface area contributed by atoms with Gasteiger partial charge in [-0.1, -0.05) is 0 Å². The van der Waals surface area contributed by atoms with E-state index in [2.05, 4.69) is 15.1 Å². The van der Waals surface area contributed by atoms with Crippen LogP contribution < -0.4 is 10.7 Å². The summed E-state index contributed by atoms with van der Waals surface area (Å²) in [6.07, 6.45) is -1.10. The number of nitrogens with two attached hydrogens (primary N) is 1. The Morgan fingerprint density at radius 3 is 2.78 bits per heavy atom. The van der Waals surface area contributed by atoms with E-state index < -0.39 is 31.1 Å². The van der Waals surface area contributed by atoms with Gasteiger partial charge >= 0.3 is 0 Å².